The number of hydrogen-bond donors (Lipinski definition) is 1. The minimum atomic E-state index is 0.110. The largest absolute Gasteiger partial charge is 0.497 e. The number of hydrogen-bond acceptors (Lipinski definition) is 2. The van der Waals surface area contributed by atoms with Gasteiger partial charge in [-0.1, -0.05) is 31.9 Å². The van der Waals surface area contributed by atoms with E-state index in [1.54, 1.807) is 7.11 Å². The van der Waals surface area contributed by atoms with Crippen molar-refractivity contribution < 1.29 is 9.53 Å². The van der Waals surface area contributed by atoms with E-state index in [2.05, 4.69) is 12.2 Å². The summed E-state index contributed by atoms with van der Waals surface area (Å²) in [5.74, 6) is 1.30. The number of carbonyl (C=O) groups excluding carboxylic acids is 1. The van der Waals surface area contributed by atoms with Crippen LogP contribution in [0.1, 0.15) is 50.6 Å². The van der Waals surface area contributed by atoms with E-state index < -0.39 is 0 Å². The van der Waals surface area contributed by atoms with Crippen LogP contribution in [0, 0.1) is 5.92 Å². The Morgan fingerprint density at radius 1 is 1.32 bits per heavy atom. The van der Waals surface area contributed by atoms with Gasteiger partial charge in [-0.05, 0) is 37.0 Å². The maximum absolute atomic E-state index is 12.2. The van der Waals surface area contributed by atoms with Gasteiger partial charge in [0.05, 0.1) is 13.2 Å². The Morgan fingerprint density at radius 2 is 1.95 bits per heavy atom. The van der Waals surface area contributed by atoms with E-state index in [9.17, 15) is 4.79 Å². The predicted molar refractivity (Wildman–Crippen MR) is 76.1 cm³/mol. The highest BCUT2D eigenvalue weighted by Gasteiger charge is 2.24. The molecule has 1 aromatic carbocycles. The van der Waals surface area contributed by atoms with Crippen molar-refractivity contribution in [1.82, 2.24) is 5.32 Å². The Morgan fingerprint density at radius 3 is 2.47 bits per heavy atom. The Labute approximate surface area is 115 Å². The van der Waals surface area contributed by atoms with Crippen molar-refractivity contribution in [3.05, 3.63) is 29.8 Å². The average molecular weight is 261 g/mol. The van der Waals surface area contributed by atoms with Crippen molar-refractivity contribution in [1.29, 1.82) is 0 Å². The lowest BCUT2D eigenvalue weighted by Gasteiger charge is -2.20. The molecular formula is C16H23NO2. The second-order valence-electron chi connectivity index (χ2n) is 5.22. The molecule has 0 aromatic heterocycles. The lowest BCUT2D eigenvalue weighted by atomic mass is 10.0. The van der Waals surface area contributed by atoms with E-state index in [1.807, 2.05) is 24.3 Å². The second-order valence-corrected chi connectivity index (χ2v) is 5.22. The molecule has 2 rings (SSSR count). The van der Waals surface area contributed by atoms with Gasteiger partial charge < -0.3 is 10.1 Å². The molecule has 0 unspecified atom stereocenters. The summed E-state index contributed by atoms with van der Waals surface area (Å²) in [5.41, 5.74) is 1.15. The molecule has 0 heterocycles. The number of benzene rings is 1. The summed E-state index contributed by atoms with van der Waals surface area (Å²) >= 11 is 0. The van der Waals surface area contributed by atoms with Gasteiger partial charge in [-0.3, -0.25) is 4.79 Å². The van der Waals surface area contributed by atoms with Crippen LogP contribution in [0.2, 0.25) is 0 Å². The highest BCUT2D eigenvalue weighted by molar-refractivity contribution is 5.79. The van der Waals surface area contributed by atoms with Gasteiger partial charge in [0, 0.05) is 5.92 Å². The van der Waals surface area contributed by atoms with Crippen LogP contribution in [0.4, 0.5) is 0 Å². The van der Waals surface area contributed by atoms with Gasteiger partial charge in [-0.25, -0.2) is 0 Å². The molecule has 1 atom stereocenters. The average Bonchev–Trinajstić information content (AvgIpc) is 2.99. The number of amides is 1. The molecule has 19 heavy (non-hydrogen) atoms. The van der Waals surface area contributed by atoms with E-state index in [4.69, 9.17) is 4.74 Å². The van der Waals surface area contributed by atoms with Crippen LogP contribution in [-0.4, -0.2) is 13.0 Å². The first-order valence-corrected chi connectivity index (χ1v) is 7.19. The summed E-state index contributed by atoms with van der Waals surface area (Å²) in [5, 5.41) is 3.18. The second kappa shape index (κ2) is 6.60. The van der Waals surface area contributed by atoms with Crippen LogP contribution in [0.5, 0.6) is 5.75 Å². The Bertz CT molecular complexity index is 407. The lowest BCUT2D eigenvalue weighted by molar-refractivity contribution is -0.125. The standard InChI is InChI=1S/C16H23NO2/c1-3-15(12-8-10-14(19-2)11-9-12)17-16(18)13-6-4-5-7-13/h8-11,13,15H,3-7H2,1-2H3,(H,17,18)/t15-/m1/s1. The molecule has 1 aliphatic carbocycles. The zero-order valence-electron chi connectivity index (χ0n) is 11.8. The summed E-state index contributed by atoms with van der Waals surface area (Å²) in [6.45, 7) is 2.10. The normalized spacial score (nSPS) is 17.2. The number of nitrogens with one attached hydrogen (secondary N) is 1. The Hall–Kier alpha value is -1.51. The van der Waals surface area contributed by atoms with Crippen LogP contribution in [0.3, 0.4) is 0 Å². The molecule has 0 saturated heterocycles. The maximum Gasteiger partial charge on any atom is 0.223 e. The number of carbonyl (C=O) groups is 1. The van der Waals surface area contributed by atoms with Crippen LogP contribution in [0.25, 0.3) is 0 Å². The molecule has 1 N–H and O–H groups in total. The molecule has 1 amide bonds. The highest BCUT2D eigenvalue weighted by Crippen LogP contribution is 2.26. The fraction of sp³-hybridized carbons (Fsp3) is 0.562. The molecule has 0 bridgehead atoms. The van der Waals surface area contributed by atoms with Crippen LogP contribution >= 0.6 is 0 Å². The Balaban J connectivity index is 2.00. The lowest BCUT2D eigenvalue weighted by Crippen LogP contribution is -2.32. The smallest absolute Gasteiger partial charge is 0.223 e. The molecule has 3 heteroatoms. The van der Waals surface area contributed by atoms with Gasteiger partial charge in [0.15, 0.2) is 0 Å². The third kappa shape index (κ3) is 3.49. The van der Waals surface area contributed by atoms with E-state index in [0.717, 1.165) is 30.6 Å². The first-order chi connectivity index (χ1) is 9.24. The third-order valence-corrected chi connectivity index (χ3v) is 3.97. The summed E-state index contributed by atoms with van der Waals surface area (Å²) in [6, 6.07) is 8.06. The van der Waals surface area contributed by atoms with E-state index in [1.165, 1.54) is 12.8 Å². The van der Waals surface area contributed by atoms with Gasteiger partial charge in [0.1, 0.15) is 5.75 Å². The number of methoxy groups -OCH3 is 1. The highest BCUT2D eigenvalue weighted by atomic mass is 16.5. The van der Waals surface area contributed by atoms with E-state index >= 15 is 0 Å². The minimum Gasteiger partial charge on any atom is -0.497 e. The summed E-state index contributed by atoms with van der Waals surface area (Å²) in [6.07, 6.45) is 5.38. The van der Waals surface area contributed by atoms with Crippen molar-refractivity contribution in [2.24, 2.45) is 5.92 Å². The fourth-order valence-electron chi connectivity index (χ4n) is 2.73. The summed E-state index contributed by atoms with van der Waals surface area (Å²) in [4.78, 5) is 12.2. The molecular weight excluding hydrogens is 238 g/mol. The third-order valence-electron chi connectivity index (χ3n) is 3.97. The molecule has 0 spiro atoms. The minimum absolute atomic E-state index is 0.110. The predicted octanol–water partition coefficient (Wildman–Crippen LogP) is 3.45. The summed E-state index contributed by atoms with van der Waals surface area (Å²) < 4.78 is 5.16. The van der Waals surface area contributed by atoms with Gasteiger partial charge in [0.2, 0.25) is 5.91 Å². The maximum atomic E-state index is 12.2. The van der Waals surface area contributed by atoms with Crippen molar-refractivity contribution in [3.63, 3.8) is 0 Å². The number of rotatable bonds is 5. The quantitative estimate of drug-likeness (QED) is 0.881. The van der Waals surface area contributed by atoms with Gasteiger partial charge in [-0.15, -0.1) is 0 Å². The molecule has 1 saturated carbocycles. The molecule has 1 fully saturated rings. The zero-order chi connectivity index (χ0) is 13.7. The van der Waals surface area contributed by atoms with Crippen LogP contribution in [0.15, 0.2) is 24.3 Å². The monoisotopic (exact) mass is 261 g/mol. The van der Waals surface area contributed by atoms with Crippen molar-refractivity contribution in [2.45, 2.75) is 45.1 Å². The first kappa shape index (κ1) is 13.9. The van der Waals surface area contributed by atoms with Gasteiger partial charge >= 0.3 is 0 Å². The first-order valence-electron chi connectivity index (χ1n) is 7.19. The molecule has 0 radical (unpaired) electrons. The fourth-order valence-corrected chi connectivity index (χ4v) is 2.73. The molecule has 3 nitrogen and oxygen atoms in total. The summed E-state index contributed by atoms with van der Waals surface area (Å²) in [7, 11) is 1.66. The van der Waals surface area contributed by atoms with Crippen molar-refractivity contribution in [2.75, 3.05) is 7.11 Å². The van der Waals surface area contributed by atoms with E-state index in [0.29, 0.717) is 0 Å². The number of ether oxygens (including phenoxy) is 1. The topological polar surface area (TPSA) is 38.3 Å². The molecule has 104 valence electrons. The van der Waals surface area contributed by atoms with Crippen molar-refractivity contribution >= 4 is 5.91 Å². The van der Waals surface area contributed by atoms with Crippen LogP contribution in [-0.2, 0) is 4.79 Å². The van der Waals surface area contributed by atoms with Gasteiger partial charge in [-0.2, -0.15) is 0 Å². The molecule has 1 aromatic rings. The van der Waals surface area contributed by atoms with Gasteiger partial charge in [0.25, 0.3) is 0 Å². The Kier molecular flexibility index (Phi) is 4.83. The zero-order valence-corrected chi connectivity index (χ0v) is 11.8. The SMILES string of the molecule is CC[C@@H](NC(=O)C1CCCC1)c1ccc(OC)cc1. The van der Waals surface area contributed by atoms with E-state index in [-0.39, 0.29) is 17.9 Å². The molecule has 1 aliphatic rings. The molecule has 0 aliphatic heterocycles. The van der Waals surface area contributed by atoms with Crippen molar-refractivity contribution in [3.8, 4) is 5.75 Å². The van der Waals surface area contributed by atoms with Crippen LogP contribution < -0.4 is 10.1 Å².